The number of anilines is 1. The zero-order chi connectivity index (χ0) is 19.4. The predicted molar refractivity (Wildman–Crippen MR) is 104 cm³/mol. The second-order valence-electron chi connectivity index (χ2n) is 6.23. The smallest absolute Gasteiger partial charge is 0.322 e. The van der Waals surface area contributed by atoms with Gasteiger partial charge in [0, 0.05) is 13.1 Å². The van der Waals surface area contributed by atoms with Crippen LogP contribution in [0.2, 0.25) is 0 Å². The Balaban J connectivity index is 1.88. The van der Waals surface area contributed by atoms with Gasteiger partial charge in [0.1, 0.15) is 5.75 Å². The third-order valence-corrected chi connectivity index (χ3v) is 4.84. The van der Waals surface area contributed by atoms with E-state index in [0.717, 1.165) is 11.1 Å². The van der Waals surface area contributed by atoms with Gasteiger partial charge in [-0.3, -0.25) is 0 Å². The average Bonchev–Trinajstić information content (AvgIpc) is 2.71. The molecule has 0 bridgehead atoms. The molecule has 0 saturated carbocycles. The molecule has 0 aromatic heterocycles. The van der Waals surface area contributed by atoms with Crippen LogP contribution >= 0.6 is 0 Å². The Morgan fingerprint density at radius 3 is 2.44 bits per heavy atom. The first-order chi connectivity index (χ1) is 13.1. The molecule has 144 valence electrons. The molecule has 1 aliphatic heterocycles. The van der Waals surface area contributed by atoms with E-state index in [0.29, 0.717) is 42.4 Å². The minimum Gasteiger partial charge on any atom is -0.495 e. The number of rotatable bonds is 5. The Morgan fingerprint density at radius 2 is 1.78 bits per heavy atom. The van der Waals surface area contributed by atoms with Gasteiger partial charge in [0.15, 0.2) is 11.5 Å². The van der Waals surface area contributed by atoms with Crippen molar-refractivity contribution < 1.29 is 19.0 Å². The van der Waals surface area contributed by atoms with E-state index in [1.165, 1.54) is 0 Å². The molecule has 2 aromatic rings. The van der Waals surface area contributed by atoms with Crippen LogP contribution in [0.5, 0.6) is 17.2 Å². The molecule has 1 atom stereocenters. The van der Waals surface area contributed by atoms with Gasteiger partial charge >= 0.3 is 6.03 Å². The van der Waals surface area contributed by atoms with Gasteiger partial charge in [0.2, 0.25) is 0 Å². The normalized spacial score (nSPS) is 15.7. The predicted octanol–water partition coefficient (Wildman–Crippen LogP) is 2.80. The van der Waals surface area contributed by atoms with E-state index < -0.39 is 0 Å². The average molecular weight is 371 g/mol. The number of methoxy groups -OCH3 is 3. The molecule has 3 N–H and O–H groups in total. The number of carbonyl (C=O) groups is 1. The number of hydrogen-bond donors (Lipinski definition) is 2. The largest absolute Gasteiger partial charge is 0.495 e. The summed E-state index contributed by atoms with van der Waals surface area (Å²) in [4.78, 5) is 14.7. The fourth-order valence-corrected chi connectivity index (χ4v) is 3.46. The first-order valence-corrected chi connectivity index (χ1v) is 8.78. The number of hydrogen-bond acceptors (Lipinski definition) is 5. The molecule has 1 aliphatic rings. The van der Waals surface area contributed by atoms with E-state index in [1.807, 2.05) is 24.3 Å². The molecule has 0 fully saturated rings. The van der Waals surface area contributed by atoms with Crippen LogP contribution in [-0.2, 0) is 6.42 Å². The lowest BCUT2D eigenvalue weighted by Gasteiger charge is -2.37. The Labute approximate surface area is 159 Å². The molecular weight excluding hydrogens is 346 g/mol. The number of fused-ring (bicyclic) bond motifs is 1. The van der Waals surface area contributed by atoms with Gasteiger partial charge in [-0.2, -0.15) is 0 Å². The summed E-state index contributed by atoms with van der Waals surface area (Å²) in [6.07, 6.45) is 0.714. The Hall–Kier alpha value is -2.93. The maximum Gasteiger partial charge on any atom is 0.322 e. The standard InChI is InChI=1S/C20H25N3O4/c1-25-17-7-5-4-6-15(17)22-20(24)23-9-8-13-10-18(26-2)19(27-3)11-14(13)16(23)12-21/h4-7,10-11,16H,8-9,12,21H2,1-3H3,(H,22,24). The summed E-state index contributed by atoms with van der Waals surface area (Å²) >= 11 is 0. The van der Waals surface area contributed by atoms with Crippen LogP contribution in [0, 0.1) is 0 Å². The monoisotopic (exact) mass is 371 g/mol. The molecule has 0 spiro atoms. The van der Waals surface area contributed by atoms with Crippen molar-refractivity contribution in [1.29, 1.82) is 0 Å². The first kappa shape index (κ1) is 18.8. The van der Waals surface area contributed by atoms with Gasteiger partial charge in [-0.15, -0.1) is 0 Å². The minimum atomic E-state index is -0.247. The van der Waals surface area contributed by atoms with Crippen LogP contribution in [-0.4, -0.2) is 45.3 Å². The fraction of sp³-hybridized carbons (Fsp3) is 0.350. The summed E-state index contributed by atoms with van der Waals surface area (Å²) in [5.74, 6) is 1.92. The van der Waals surface area contributed by atoms with Crippen molar-refractivity contribution in [1.82, 2.24) is 4.90 Å². The van der Waals surface area contributed by atoms with Crippen molar-refractivity contribution in [3.63, 3.8) is 0 Å². The molecule has 27 heavy (non-hydrogen) atoms. The molecule has 1 unspecified atom stereocenters. The third-order valence-electron chi connectivity index (χ3n) is 4.84. The molecule has 7 nitrogen and oxygen atoms in total. The Bertz CT molecular complexity index is 825. The summed E-state index contributed by atoms with van der Waals surface area (Å²) in [5, 5.41) is 2.93. The lowest BCUT2D eigenvalue weighted by atomic mass is 9.92. The number of carbonyl (C=O) groups excluding carboxylic acids is 1. The number of nitrogens with zero attached hydrogens (tertiary/aromatic N) is 1. The molecular formula is C20H25N3O4. The number of nitrogens with one attached hydrogen (secondary N) is 1. The van der Waals surface area contributed by atoms with E-state index in [-0.39, 0.29) is 12.1 Å². The summed E-state index contributed by atoms with van der Waals surface area (Å²) < 4.78 is 16.1. The molecule has 7 heteroatoms. The molecule has 0 saturated heterocycles. The van der Waals surface area contributed by atoms with Crippen molar-refractivity contribution in [3.8, 4) is 17.2 Å². The second-order valence-corrected chi connectivity index (χ2v) is 6.23. The summed E-state index contributed by atoms with van der Waals surface area (Å²) in [7, 11) is 4.78. The van der Waals surface area contributed by atoms with Crippen molar-refractivity contribution in [3.05, 3.63) is 47.5 Å². The Kier molecular flexibility index (Phi) is 5.71. The molecule has 2 amide bonds. The lowest BCUT2D eigenvalue weighted by Crippen LogP contribution is -2.45. The highest BCUT2D eigenvalue weighted by Gasteiger charge is 2.31. The van der Waals surface area contributed by atoms with E-state index in [9.17, 15) is 4.79 Å². The van der Waals surface area contributed by atoms with Crippen molar-refractivity contribution in [2.75, 3.05) is 39.7 Å². The Morgan fingerprint density at radius 1 is 1.11 bits per heavy atom. The molecule has 1 heterocycles. The van der Waals surface area contributed by atoms with Gasteiger partial charge in [-0.1, -0.05) is 12.1 Å². The molecule has 0 radical (unpaired) electrons. The number of urea groups is 1. The summed E-state index contributed by atoms with van der Waals surface area (Å²) in [5.41, 5.74) is 8.76. The number of para-hydroxylation sites is 2. The number of amides is 2. The van der Waals surface area contributed by atoms with Crippen molar-refractivity contribution in [2.45, 2.75) is 12.5 Å². The van der Waals surface area contributed by atoms with Gasteiger partial charge in [0.25, 0.3) is 0 Å². The van der Waals surface area contributed by atoms with Gasteiger partial charge in [-0.05, 0) is 41.8 Å². The minimum absolute atomic E-state index is 0.213. The summed E-state index contributed by atoms with van der Waals surface area (Å²) in [6, 6.07) is 10.7. The van der Waals surface area contributed by atoms with Crippen LogP contribution in [0.4, 0.5) is 10.5 Å². The van der Waals surface area contributed by atoms with E-state index in [4.69, 9.17) is 19.9 Å². The van der Waals surface area contributed by atoms with Gasteiger partial charge < -0.3 is 30.2 Å². The number of benzene rings is 2. The van der Waals surface area contributed by atoms with Crippen molar-refractivity contribution >= 4 is 11.7 Å². The SMILES string of the molecule is COc1ccccc1NC(=O)N1CCc2cc(OC)c(OC)cc2C1CN. The maximum absolute atomic E-state index is 12.9. The van der Waals surface area contributed by atoms with Crippen LogP contribution in [0.3, 0.4) is 0 Å². The highest BCUT2D eigenvalue weighted by molar-refractivity contribution is 5.91. The quantitative estimate of drug-likeness (QED) is 0.844. The number of ether oxygens (including phenoxy) is 3. The zero-order valence-electron chi connectivity index (χ0n) is 15.8. The van der Waals surface area contributed by atoms with E-state index in [2.05, 4.69) is 5.32 Å². The van der Waals surface area contributed by atoms with Gasteiger partial charge in [0.05, 0.1) is 33.1 Å². The van der Waals surface area contributed by atoms with E-state index in [1.54, 1.807) is 38.4 Å². The van der Waals surface area contributed by atoms with Crippen LogP contribution in [0.25, 0.3) is 0 Å². The first-order valence-electron chi connectivity index (χ1n) is 8.78. The molecule has 3 rings (SSSR count). The number of nitrogens with two attached hydrogens (primary N) is 1. The highest BCUT2D eigenvalue weighted by Crippen LogP contribution is 2.38. The summed E-state index contributed by atoms with van der Waals surface area (Å²) in [6.45, 7) is 0.868. The van der Waals surface area contributed by atoms with E-state index >= 15 is 0 Å². The topological polar surface area (TPSA) is 86.0 Å². The fourth-order valence-electron chi connectivity index (χ4n) is 3.46. The second kappa shape index (κ2) is 8.18. The zero-order valence-corrected chi connectivity index (χ0v) is 15.8. The molecule has 0 aliphatic carbocycles. The van der Waals surface area contributed by atoms with Crippen molar-refractivity contribution in [2.24, 2.45) is 5.73 Å². The van der Waals surface area contributed by atoms with Crippen LogP contribution < -0.4 is 25.3 Å². The lowest BCUT2D eigenvalue weighted by molar-refractivity contribution is 0.184. The van der Waals surface area contributed by atoms with Gasteiger partial charge in [-0.25, -0.2) is 4.79 Å². The molecule has 2 aromatic carbocycles. The van der Waals surface area contributed by atoms with Crippen LogP contribution in [0.15, 0.2) is 36.4 Å². The van der Waals surface area contributed by atoms with Crippen LogP contribution in [0.1, 0.15) is 17.2 Å². The maximum atomic E-state index is 12.9. The highest BCUT2D eigenvalue weighted by atomic mass is 16.5. The third kappa shape index (κ3) is 3.64.